The van der Waals surface area contributed by atoms with E-state index in [9.17, 15) is 4.79 Å². The number of nitrogen functional groups attached to an aromatic ring is 1. The Labute approximate surface area is 107 Å². The lowest BCUT2D eigenvalue weighted by atomic mass is 10.1. The molecule has 2 aromatic rings. The summed E-state index contributed by atoms with van der Waals surface area (Å²) in [5.41, 5.74) is 9.74. The van der Waals surface area contributed by atoms with Crippen LogP contribution in [0.2, 0.25) is 0 Å². The van der Waals surface area contributed by atoms with Gasteiger partial charge in [0, 0.05) is 16.9 Å². The van der Waals surface area contributed by atoms with Crippen LogP contribution in [-0.4, -0.2) is 5.91 Å². The monoisotopic (exact) mass is 240 g/mol. The van der Waals surface area contributed by atoms with Gasteiger partial charge in [0.05, 0.1) is 0 Å². The van der Waals surface area contributed by atoms with Gasteiger partial charge in [0.2, 0.25) is 0 Å². The first kappa shape index (κ1) is 12.2. The summed E-state index contributed by atoms with van der Waals surface area (Å²) >= 11 is 0. The predicted molar refractivity (Wildman–Crippen MR) is 74.7 cm³/mol. The topological polar surface area (TPSA) is 55.1 Å². The summed E-state index contributed by atoms with van der Waals surface area (Å²) in [6.45, 7) is 3.89. The van der Waals surface area contributed by atoms with E-state index >= 15 is 0 Å². The molecule has 1 amide bonds. The standard InChI is InChI=1S/C15H16N2O/c1-10-6-7-11(2)14(8-10)15(18)17-13-5-3-4-12(16)9-13/h3-9H,16H2,1-2H3,(H,17,18). The molecule has 0 aliphatic heterocycles. The summed E-state index contributed by atoms with van der Waals surface area (Å²) < 4.78 is 0. The highest BCUT2D eigenvalue weighted by Gasteiger charge is 2.09. The van der Waals surface area contributed by atoms with Gasteiger partial charge in [0.25, 0.3) is 5.91 Å². The maximum Gasteiger partial charge on any atom is 0.255 e. The Hall–Kier alpha value is -2.29. The Morgan fingerprint density at radius 3 is 2.61 bits per heavy atom. The summed E-state index contributed by atoms with van der Waals surface area (Å²) in [5.74, 6) is -0.109. The van der Waals surface area contributed by atoms with E-state index in [-0.39, 0.29) is 5.91 Å². The van der Waals surface area contributed by atoms with Gasteiger partial charge < -0.3 is 11.1 Å². The highest BCUT2D eigenvalue weighted by atomic mass is 16.1. The van der Waals surface area contributed by atoms with Crippen LogP contribution in [0.25, 0.3) is 0 Å². The normalized spacial score (nSPS) is 10.1. The Kier molecular flexibility index (Phi) is 3.33. The highest BCUT2D eigenvalue weighted by Crippen LogP contribution is 2.16. The summed E-state index contributed by atoms with van der Waals surface area (Å²) in [7, 11) is 0. The third-order valence-electron chi connectivity index (χ3n) is 2.78. The second-order valence-corrected chi connectivity index (χ2v) is 4.40. The first-order chi connectivity index (χ1) is 8.56. The second-order valence-electron chi connectivity index (χ2n) is 4.40. The summed E-state index contributed by atoms with van der Waals surface area (Å²) in [5, 5.41) is 2.85. The van der Waals surface area contributed by atoms with Gasteiger partial charge in [0.1, 0.15) is 0 Å². The summed E-state index contributed by atoms with van der Waals surface area (Å²) in [4.78, 5) is 12.1. The van der Waals surface area contributed by atoms with Gasteiger partial charge >= 0.3 is 0 Å². The number of anilines is 2. The van der Waals surface area contributed by atoms with E-state index in [1.54, 1.807) is 12.1 Å². The van der Waals surface area contributed by atoms with Crippen molar-refractivity contribution in [3.8, 4) is 0 Å². The molecule has 0 heterocycles. The first-order valence-electron chi connectivity index (χ1n) is 5.80. The number of benzene rings is 2. The van der Waals surface area contributed by atoms with Crippen LogP contribution in [0.4, 0.5) is 11.4 Å². The molecule has 0 bridgehead atoms. The average molecular weight is 240 g/mol. The van der Waals surface area contributed by atoms with Crippen LogP contribution >= 0.6 is 0 Å². The number of amides is 1. The average Bonchev–Trinajstić information content (AvgIpc) is 2.32. The lowest BCUT2D eigenvalue weighted by molar-refractivity contribution is 0.102. The Balaban J connectivity index is 2.24. The Morgan fingerprint density at radius 1 is 1.11 bits per heavy atom. The van der Waals surface area contributed by atoms with Gasteiger partial charge in [-0.05, 0) is 43.7 Å². The lowest BCUT2D eigenvalue weighted by Gasteiger charge is -2.09. The molecule has 2 aromatic carbocycles. The van der Waals surface area contributed by atoms with Crippen molar-refractivity contribution in [3.05, 3.63) is 59.2 Å². The molecule has 0 aromatic heterocycles. The van der Waals surface area contributed by atoms with Crippen LogP contribution < -0.4 is 11.1 Å². The molecule has 0 aliphatic carbocycles. The van der Waals surface area contributed by atoms with Crippen LogP contribution in [0.3, 0.4) is 0 Å². The zero-order valence-corrected chi connectivity index (χ0v) is 10.5. The van der Waals surface area contributed by atoms with Crippen molar-refractivity contribution < 1.29 is 4.79 Å². The SMILES string of the molecule is Cc1ccc(C)c(C(=O)Nc2cccc(N)c2)c1. The van der Waals surface area contributed by atoms with Gasteiger partial charge in [-0.15, -0.1) is 0 Å². The fourth-order valence-electron chi connectivity index (χ4n) is 1.80. The molecule has 2 rings (SSSR count). The fraction of sp³-hybridized carbons (Fsp3) is 0.133. The predicted octanol–water partition coefficient (Wildman–Crippen LogP) is 3.14. The second kappa shape index (κ2) is 4.92. The number of nitrogens with two attached hydrogens (primary N) is 1. The molecule has 0 spiro atoms. The van der Waals surface area contributed by atoms with Crippen molar-refractivity contribution in [1.29, 1.82) is 0 Å². The zero-order chi connectivity index (χ0) is 13.1. The Bertz CT molecular complexity index is 591. The van der Waals surface area contributed by atoms with Crippen molar-refractivity contribution >= 4 is 17.3 Å². The number of nitrogens with one attached hydrogen (secondary N) is 1. The number of hydrogen-bond donors (Lipinski definition) is 2. The maximum atomic E-state index is 12.1. The highest BCUT2D eigenvalue weighted by molar-refractivity contribution is 6.05. The molecule has 0 atom stereocenters. The number of carbonyl (C=O) groups is 1. The molecule has 0 fully saturated rings. The minimum Gasteiger partial charge on any atom is -0.399 e. The third kappa shape index (κ3) is 2.69. The van der Waals surface area contributed by atoms with Crippen molar-refractivity contribution in [3.63, 3.8) is 0 Å². The van der Waals surface area contributed by atoms with Crippen LogP contribution in [0.1, 0.15) is 21.5 Å². The number of carbonyl (C=O) groups excluding carboxylic acids is 1. The van der Waals surface area contributed by atoms with Gasteiger partial charge in [-0.3, -0.25) is 4.79 Å². The molecule has 0 aliphatic rings. The third-order valence-corrected chi connectivity index (χ3v) is 2.78. The minimum absolute atomic E-state index is 0.109. The smallest absolute Gasteiger partial charge is 0.255 e. The molecule has 0 radical (unpaired) electrons. The van der Waals surface area contributed by atoms with Crippen molar-refractivity contribution in [1.82, 2.24) is 0 Å². The molecule has 0 saturated carbocycles. The molecule has 3 heteroatoms. The van der Waals surface area contributed by atoms with Crippen molar-refractivity contribution in [2.24, 2.45) is 0 Å². The largest absolute Gasteiger partial charge is 0.399 e. The van der Waals surface area contributed by atoms with Crippen LogP contribution in [0, 0.1) is 13.8 Å². The molecular weight excluding hydrogens is 224 g/mol. The van der Waals surface area contributed by atoms with Crippen molar-refractivity contribution in [2.75, 3.05) is 11.1 Å². The van der Waals surface area contributed by atoms with Gasteiger partial charge in [-0.2, -0.15) is 0 Å². The van der Waals surface area contributed by atoms with E-state index < -0.39 is 0 Å². The van der Waals surface area contributed by atoms with Crippen LogP contribution in [0.15, 0.2) is 42.5 Å². The Morgan fingerprint density at radius 2 is 1.89 bits per heavy atom. The fourth-order valence-corrected chi connectivity index (χ4v) is 1.80. The first-order valence-corrected chi connectivity index (χ1v) is 5.80. The molecule has 0 saturated heterocycles. The van der Waals surface area contributed by atoms with Crippen LogP contribution in [-0.2, 0) is 0 Å². The number of rotatable bonds is 2. The van der Waals surface area contributed by atoms with E-state index in [0.29, 0.717) is 16.9 Å². The van der Waals surface area contributed by atoms with Gasteiger partial charge in [-0.1, -0.05) is 23.8 Å². The van der Waals surface area contributed by atoms with Gasteiger partial charge in [0.15, 0.2) is 0 Å². The quantitative estimate of drug-likeness (QED) is 0.792. The molecule has 3 N–H and O–H groups in total. The van der Waals surface area contributed by atoms with Crippen LogP contribution in [0.5, 0.6) is 0 Å². The molecule has 18 heavy (non-hydrogen) atoms. The maximum absolute atomic E-state index is 12.1. The summed E-state index contributed by atoms with van der Waals surface area (Å²) in [6.07, 6.45) is 0. The molecular formula is C15H16N2O. The lowest BCUT2D eigenvalue weighted by Crippen LogP contribution is -2.13. The number of aryl methyl sites for hydroxylation is 2. The number of hydrogen-bond acceptors (Lipinski definition) is 2. The molecule has 0 unspecified atom stereocenters. The van der Waals surface area contributed by atoms with E-state index in [2.05, 4.69) is 5.32 Å². The van der Waals surface area contributed by atoms with Crippen molar-refractivity contribution in [2.45, 2.75) is 13.8 Å². The molecule has 3 nitrogen and oxygen atoms in total. The van der Waals surface area contributed by atoms with E-state index in [4.69, 9.17) is 5.73 Å². The summed E-state index contributed by atoms with van der Waals surface area (Å²) in [6, 6.07) is 13.0. The molecule has 92 valence electrons. The van der Waals surface area contributed by atoms with Gasteiger partial charge in [-0.25, -0.2) is 0 Å². The minimum atomic E-state index is -0.109. The zero-order valence-electron chi connectivity index (χ0n) is 10.5. The van der Waals surface area contributed by atoms with E-state index in [1.807, 2.05) is 44.2 Å². The van der Waals surface area contributed by atoms with E-state index in [1.165, 1.54) is 0 Å². The van der Waals surface area contributed by atoms with E-state index in [0.717, 1.165) is 11.1 Å².